The maximum atomic E-state index is 11.1. The molecule has 2 bridgehead atoms. The summed E-state index contributed by atoms with van der Waals surface area (Å²) in [5.41, 5.74) is 5.65. The Labute approximate surface area is 90.9 Å². The molecular weight excluding hydrogens is 190 g/mol. The fourth-order valence-corrected chi connectivity index (χ4v) is 3.74. The average Bonchev–Trinajstić information content (AvgIpc) is 2.47. The average molecular weight is 211 g/mol. The fraction of sp³-hybridized carbons (Fsp3) is 0.909. The number of primary amides is 1. The summed E-state index contributed by atoms with van der Waals surface area (Å²) in [7, 11) is 0. The van der Waals surface area contributed by atoms with E-state index in [0.717, 1.165) is 12.8 Å². The molecule has 4 heteroatoms. The first-order valence-electron chi connectivity index (χ1n) is 5.64. The number of urea groups is 1. The third-order valence-electron chi connectivity index (χ3n) is 5.34. The van der Waals surface area contributed by atoms with Gasteiger partial charge in [0.05, 0.1) is 6.04 Å². The van der Waals surface area contributed by atoms with Crippen molar-refractivity contribution in [2.75, 3.05) is 0 Å². The van der Waals surface area contributed by atoms with Gasteiger partial charge >= 0.3 is 6.03 Å². The number of carbonyl (C=O) groups is 1. The lowest BCUT2D eigenvalue weighted by molar-refractivity contribution is 0.0638. The van der Waals surface area contributed by atoms with E-state index in [1.807, 2.05) is 0 Å². The zero-order valence-electron chi connectivity index (χ0n) is 9.79. The molecule has 0 heterocycles. The van der Waals surface area contributed by atoms with Crippen LogP contribution < -0.4 is 11.6 Å². The number of fused-ring (bicyclic) bond motifs is 2. The van der Waals surface area contributed by atoms with E-state index in [2.05, 4.69) is 20.8 Å². The Hall–Kier alpha value is -0.770. The van der Waals surface area contributed by atoms with Gasteiger partial charge in [-0.25, -0.2) is 10.6 Å². The monoisotopic (exact) mass is 211 g/mol. The quantitative estimate of drug-likeness (QED) is 0.391. The Morgan fingerprint density at radius 3 is 2.33 bits per heavy atom. The van der Waals surface area contributed by atoms with E-state index >= 15 is 0 Å². The minimum absolute atomic E-state index is 0.115. The van der Waals surface area contributed by atoms with Gasteiger partial charge in [-0.15, -0.1) is 0 Å². The fourth-order valence-electron chi connectivity index (χ4n) is 3.74. The van der Waals surface area contributed by atoms with Gasteiger partial charge in [0, 0.05) is 0 Å². The molecule has 0 saturated heterocycles. The van der Waals surface area contributed by atoms with Crippen molar-refractivity contribution in [3.05, 3.63) is 0 Å². The van der Waals surface area contributed by atoms with Crippen molar-refractivity contribution in [3.8, 4) is 0 Å². The van der Waals surface area contributed by atoms with Crippen molar-refractivity contribution in [3.63, 3.8) is 0 Å². The molecule has 2 aliphatic carbocycles. The van der Waals surface area contributed by atoms with Crippen molar-refractivity contribution in [2.45, 2.75) is 46.1 Å². The van der Waals surface area contributed by atoms with Gasteiger partial charge in [-0.2, -0.15) is 0 Å². The molecule has 2 amide bonds. The van der Waals surface area contributed by atoms with Crippen molar-refractivity contribution in [2.24, 2.45) is 28.3 Å². The zero-order chi connectivity index (χ0) is 11.4. The smallest absolute Gasteiger partial charge is 0.329 e. The van der Waals surface area contributed by atoms with Crippen LogP contribution in [0.3, 0.4) is 0 Å². The topological polar surface area (TPSA) is 72.3 Å². The van der Waals surface area contributed by atoms with Crippen LogP contribution in [0.4, 0.5) is 4.79 Å². The number of nitrogens with two attached hydrogens (primary N) is 2. The molecule has 0 radical (unpaired) electrons. The molecule has 0 aliphatic heterocycles. The van der Waals surface area contributed by atoms with Gasteiger partial charge in [0.2, 0.25) is 0 Å². The Kier molecular flexibility index (Phi) is 2.06. The number of carbonyl (C=O) groups excluding carboxylic acids is 1. The maximum Gasteiger partial charge on any atom is 0.329 e. The molecule has 2 aliphatic rings. The van der Waals surface area contributed by atoms with Crippen LogP contribution in [0.15, 0.2) is 0 Å². The van der Waals surface area contributed by atoms with E-state index in [-0.39, 0.29) is 16.9 Å². The Morgan fingerprint density at radius 1 is 1.40 bits per heavy atom. The number of amides is 2. The van der Waals surface area contributed by atoms with Crippen LogP contribution in [0.1, 0.15) is 40.0 Å². The summed E-state index contributed by atoms with van der Waals surface area (Å²) in [4.78, 5) is 11.1. The highest BCUT2D eigenvalue weighted by molar-refractivity contribution is 5.71. The van der Waals surface area contributed by atoms with Crippen molar-refractivity contribution < 1.29 is 4.79 Å². The molecule has 3 atom stereocenters. The molecule has 0 spiro atoms. The Morgan fingerprint density at radius 2 is 2.00 bits per heavy atom. The number of hydrogen-bond donors (Lipinski definition) is 2. The van der Waals surface area contributed by atoms with Gasteiger partial charge in [0.1, 0.15) is 0 Å². The molecule has 4 N–H and O–H groups in total. The molecule has 86 valence electrons. The molecule has 4 nitrogen and oxygen atoms in total. The number of nitrogens with zero attached hydrogens (tertiary/aromatic N) is 1. The van der Waals surface area contributed by atoms with E-state index in [1.54, 1.807) is 0 Å². The number of hydrogen-bond acceptors (Lipinski definition) is 2. The summed E-state index contributed by atoms with van der Waals surface area (Å²) in [6, 6.07) is -0.395. The van der Waals surface area contributed by atoms with Crippen molar-refractivity contribution in [1.29, 1.82) is 0 Å². The predicted molar refractivity (Wildman–Crippen MR) is 58.6 cm³/mol. The normalized spacial score (nSPS) is 41.9. The Bertz CT molecular complexity index is 302. The van der Waals surface area contributed by atoms with E-state index in [9.17, 15) is 4.79 Å². The van der Waals surface area contributed by atoms with Gasteiger partial charge in [-0.1, -0.05) is 20.8 Å². The summed E-state index contributed by atoms with van der Waals surface area (Å²) in [6.45, 7) is 6.83. The third kappa shape index (κ3) is 1.14. The van der Waals surface area contributed by atoms with E-state index in [4.69, 9.17) is 11.6 Å². The minimum Gasteiger partial charge on any atom is -0.350 e. The minimum atomic E-state index is -0.510. The SMILES string of the molecule is CC1(C)C2CCC1(C)C(N(N)C(N)=O)C2. The third-order valence-corrected chi connectivity index (χ3v) is 5.34. The van der Waals surface area contributed by atoms with Crippen LogP contribution in [0.2, 0.25) is 0 Å². The summed E-state index contributed by atoms with van der Waals surface area (Å²) in [6.07, 6.45) is 3.41. The van der Waals surface area contributed by atoms with Gasteiger partial charge in [-0.05, 0) is 36.0 Å². The van der Waals surface area contributed by atoms with Crippen molar-refractivity contribution in [1.82, 2.24) is 5.01 Å². The highest BCUT2D eigenvalue weighted by Crippen LogP contribution is 2.66. The summed E-state index contributed by atoms with van der Waals surface area (Å²) in [5.74, 6) is 6.45. The van der Waals surface area contributed by atoms with Gasteiger partial charge in [0.25, 0.3) is 0 Å². The summed E-state index contributed by atoms with van der Waals surface area (Å²) < 4.78 is 0. The van der Waals surface area contributed by atoms with Crippen LogP contribution in [0, 0.1) is 16.7 Å². The number of rotatable bonds is 1. The molecule has 15 heavy (non-hydrogen) atoms. The zero-order valence-corrected chi connectivity index (χ0v) is 9.79. The largest absolute Gasteiger partial charge is 0.350 e. The van der Waals surface area contributed by atoms with Crippen LogP contribution in [0.25, 0.3) is 0 Å². The molecule has 0 aromatic carbocycles. The van der Waals surface area contributed by atoms with E-state index in [1.165, 1.54) is 11.4 Å². The van der Waals surface area contributed by atoms with Gasteiger partial charge in [0.15, 0.2) is 0 Å². The standard InChI is InChI=1S/C11H21N3O/c1-10(2)7-4-5-11(10,3)8(6-7)14(13)9(12)15/h7-8H,4-6,13H2,1-3H3,(H2,12,15). The van der Waals surface area contributed by atoms with E-state index < -0.39 is 6.03 Å². The maximum absolute atomic E-state index is 11.1. The highest BCUT2D eigenvalue weighted by atomic mass is 16.2. The van der Waals surface area contributed by atoms with Crippen LogP contribution in [0.5, 0.6) is 0 Å². The molecular formula is C11H21N3O. The second kappa shape index (κ2) is 2.88. The van der Waals surface area contributed by atoms with Gasteiger partial charge < -0.3 is 5.73 Å². The lowest BCUT2D eigenvalue weighted by atomic mass is 9.69. The summed E-state index contributed by atoms with van der Waals surface area (Å²) in [5, 5.41) is 1.25. The summed E-state index contributed by atoms with van der Waals surface area (Å²) >= 11 is 0. The lowest BCUT2D eigenvalue weighted by Crippen LogP contribution is -2.55. The molecule has 2 rings (SSSR count). The predicted octanol–water partition coefficient (Wildman–Crippen LogP) is 1.46. The number of hydrazine groups is 1. The second-order valence-corrected chi connectivity index (χ2v) is 5.87. The molecule has 0 aromatic rings. The Balaban J connectivity index is 2.30. The molecule has 0 aromatic heterocycles. The van der Waals surface area contributed by atoms with Crippen LogP contribution >= 0.6 is 0 Å². The lowest BCUT2D eigenvalue weighted by Gasteiger charge is -2.42. The molecule has 2 saturated carbocycles. The van der Waals surface area contributed by atoms with E-state index in [0.29, 0.717) is 5.92 Å². The first kappa shape index (κ1) is 10.7. The molecule has 3 unspecified atom stereocenters. The van der Waals surface area contributed by atoms with Crippen molar-refractivity contribution >= 4 is 6.03 Å². The van der Waals surface area contributed by atoms with Crippen LogP contribution in [-0.4, -0.2) is 17.1 Å². The van der Waals surface area contributed by atoms with Crippen LogP contribution in [-0.2, 0) is 0 Å². The second-order valence-electron chi connectivity index (χ2n) is 5.87. The first-order valence-corrected chi connectivity index (χ1v) is 5.64. The molecule has 2 fully saturated rings. The highest BCUT2D eigenvalue weighted by Gasteiger charge is 2.63. The first-order chi connectivity index (χ1) is 6.80. The van der Waals surface area contributed by atoms with Gasteiger partial charge in [-0.3, -0.25) is 5.01 Å².